The molecule has 2 rings (SSSR count). The zero-order valence-electron chi connectivity index (χ0n) is 10.1. The molecule has 0 radical (unpaired) electrons. The van der Waals surface area contributed by atoms with Gasteiger partial charge in [0.1, 0.15) is 0 Å². The van der Waals surface area contributed by atoms with Crippen molar-refractivity contribution in [2.24, 2.45) is 5.92 Å². The van der Waals surface area contributed by atoms with E-state index in [1.807, 2.05) is 19.2 Å². The summed E-state index contributed by atoms with van der Waals surface area (Å²) in [5, 5.41) is 14.2. The number of likely N-dealkylation sites (N-methyl/N-ethyl adjacent to an activating group) is 1. The van der Waals surface area contributed by atoms with Crippen molar-refractivity contribution in [2.75, 3.05) is 7.05 Å². The lowest BCUT2D eigenvalue weighted by atomic mass is 9.77. The fourth-order valence-corrected chi connectivity index (χ4v) is 2.45. The van der Waals surface area contributed by atoms with Crippen molar-refractivity contribution in [3.8, 4) is 0 Å². The van der Waals surface area contributed by atoms with Crippen LogP contribution in [0.4, 0.5) is 5.69 Å². The maximum Gasteiger partial charge on any atom is 0.272 e. The van der Waals surface area contributed by atoms with Gasteiger partial charge in [-0.2, -0.15) is 0 Å². The van der Waals surface area contributed by atoms with Crippen LogP contribution in [0.25, 0.3) is 0 Å². The molecule has 1 aromatic rings. The predicted octanol–water partition coefficient (Wildman–Crippen LogP) is 2.53. The molecule has 0 saturated heterocycles. The van der Waals surface area contributed by atoms with Crippen LogP contribution in [0, 0.1) is 16.0 Å². The smallest absolute Gasteiger partial charge is 0.272 e. The number of rotatable bonds is 5. The van der Waals surface area contributed by atoms with Gasteiger partial charge in [0.25, 0.3) is 5.69 Å². The highest BCUT2D eigenvalue weighted by atomic mass is 16.6. The lowest BCUT2D eigenvalue weighted by Gasteiger charge is -2.33. The van der Waals surface area contributed by atoms with E-state index in [1.165, 1.54) is 19.3 Å². The van der Waals surface area contributed by atoms with E-state index in [-0.39, 0.29) is 10.6 Å². The molecule has 0 bridgehead atoms. The molecule has 0 aliphatic heterocycles. The van der Waals surface area contributed by atoms with Crippen molar-refractivity contribution in [1.29, 1.82) is 0 Å². The molecule has 1 aliphatic rings. The van der Waals surface area contributed by atoms with Gasteiger partial charge in [-0.3, -0.25) is 10.1 Å². The molecule has 0 amide bonds. The molecule has 1 N–H and O–H groups in total. The normalized spacial score (nSPS) is 17.5. The highest BCUT2D eigenvalue weighted by Gasteiger charge is 2.27. The van der Waals surface area contributed by atoms with Gasteiger partial charge in [0.15, 0.2) is 0 Å². The Kier molecular flexibility index (Phi) is 3.74. The number of hydrogen-bond donors (Lipinski definition) is 1. The molecule has 4 nitrogen and oxygen atoms in total. The average Bonchev–Trinajstić information content (AvgIpc) is 2.26. The number of nitrogens with one attached hydrogen (secondary N) is 1. The summed E-state index contributed by atoms with van der Waals surface area (Å²) >= 11 is 0. The Hall–Kier alpha value is -1.42. The summed E-state index contributed by atoms with van der Waals surface area (Å²) in [6.07, 6.45) is 4.52. The first-order valence-electron chi connectivity index (χ1n) is 6.12. The zero-order chi connectivity index (χ0) is 12.3. The van der Waals surface area contributed by atoms with E-state index >= 15 is 0 Å². The first-order valence-corrected chi connectivity index (χ1v) is 6.12. The minimum atomic E-state index is -0.289. The maximum atomic E-state index is 10.9. The van der Waals surface area contributed by atoms with Crippen molar-refractivity contribution in [3.63, 3.8) is 0 Å². The van der Waals surface area contributed by atoms with E-state index in [0.29, 0.717) is 12.0 Å². The van der Waals surface area contributed by atoms with Crippen LogP contribution in [0.3, 0.4) is 0 Å². The lowest BCUT2D eigenvalue weighted by Crippen LogP contribution is -2.39. The summed E-state index contributed by atoms with van der Waals surface area (Å²) in [4.78, 5) is 10.6. The van der Waals surface area contributed by atoms with Crippen molar-refractivity contribution in [3.05, 3.63) is 39.9 Å². The number of nitro groups is 1. The van der Waals surface area contributed by atoms with Gasteiger partial charge in [0.2, 0.25) is 0 Å². The average molecular weight is 234 g/mol. The molecule has 1 unspecified atom stereocenters. The molecule has 1 atom stereocenters. The Morgan fingerprint density at radius 2 is 2.18 bits per heavy atom. The van der Waals surface area contributed by atoms with Crippen molar-refractivity contribution in [1.82, 2.24) is 5.32 Å². The quantitative estimate of drug-likeness (QED) is 0.629. The van der Waals surface area contributed by atoms with Crippen LogP contribution in [0.15, 0.2) is 24.3 Å². The topological polar surface area (TPSA) is 55.2 Å². The van der Waals surface area contributed by atoms with Gasteiger partial charge >= 0.3 is 0 Å². The number of para-hydroxylation sites is 1. The van der Waals surface area contributed by atoms with Crippen LogP contribution in [0.5, 0.6) is 0 Å². The molecule has 0 heterocycles. The molecule has 0 aromatic heterocycles. The maximum absolute atomic E-state index is 10.9. The third-order valence-corrected chi connectivity index (χ3v) is 3.72. The molecule has 17 heavy (non-hydrogen) atoms. The SMILES string of the molecule is CNC(Cc1ccccc1[N+](=O)[O-])C1CCC1. The standard InChI is InChI=1S/C13H18N2O2/c1-14-12(10-6-4-7-10)9-11-5-2-3-8-13(11)15(16)17/h2-3,5,8,10,12,14H,4,6-7,9H2,1H3. The first-order chi connectivity index (χ1) is 8.22. The summed E-state index contributed by atoms with van der Waals surface area (Å²) in [6, 6.07) is 7.41. The van der Waals surface area contributed by atoms with E-state index in [1.54, 1.807) is 12.1 Å². The van der Waals surface area contributed by atoms with Gasteiger partial charge in [0, 0.05) is 17.7 Å². The number of hydrogen-bond acceptors (Lipinski definition) is 3. The molecular weight excluding hydrogens is 216 g/mol. The second kappa shape index (κ2) is 5.27. The van der Waals surface area contributed by atoms with Crippen molar-refractivity contribution in [2.45, 2.75) is 31.7 Å². The second-order valence-electron chi connectivity index (χ2n) is 4.68. The molecule has 1 fully saturated rings. The highest BCUT2D eigenvalue weighted by molar-refractivity contribution is 5.40. The third kappa shape index (κ3) is 2.64. The Balaban J connectivity index is 2.13. The number of benzene rings is 1. The summed E-state index contributed by atoms with van der Waals surface area (Å²) in [6.45, 7) is 0. The van der Waals surface area contributed by atoms with Crippen LogP contribution in [0.2, 0.25) is 0 Å². The van der Waals surface area contributed by atoms with Crippen LogP contribution in [0.1, 0.15) is 24.8 Å². The van der Waals surface area contributed by atoms with Gasteiger partial charge in [-0.15, -0.1) is 0 Å². The van der Waals surface area contributed by atoms with E-state index in [9.17, 15) is 10.1 Å². The molecule has 0 spiro atoms. The molecule has 1 aromatic carbocycles. The highest BCUT2D eigenvalue weighted by Crippen LogP contribution is 2.32. The summed E-state index contributed by atoms with van der Waals surface area (Å²) in [7, 11) is 1.94. The van der Waals surface area contributed by atoms with Crippen LogP contribution in [-0.2, 0) is 6.42 Å². The zero-order valence-corrected chi connectivity index (χ0v) is 10.1. The fourth-order valence-electron chi connectivity index (χ4n) is 2.45. The van der Waals surface area contributed by atoms with E-state index < -0.39 is 0 Å². The second-order valence-corrected chi connectivity index (χ2v) is 4.68. The van der Waals surface area contributed by atoms with Gasteiger partial charge in [-0.05, 0) is 32.2 Å². The van der Waals surface area contributed by atoms with Gasteiger partial charge in [0.05, 0.1) is 4.92 Å². The largest absolute Gasteiger partial charge is 0.316 e. The summed E-state index contributed by atoms with van der Waals surface area (Å²) in [5.74, 6) is 0.680. The van der Waals surface area contributed by atoms with Crippen molar-refractivity contribution >= 4 is 5.69 Å². The van der Waals surface area contributed by atoms with Gasteiger partial charge in [-0.25, -0.2) is 0 Å². The molecule has 1 saturated carbocycles. The Morgan fingerprint density at radius 1 is 1.47 bits per heavy atom. The lowest BCUT2D eigenvalue weighted by molar-refractivity contribution is -0.385. The fraction of sp³-hybridized carbons (Fsp3) is 0.538. The minimum Gasteiger partial charge on any atom is -0.316 e. The predicted molar refractivity (Wildman–Crippen MR) is 67.0 cm³/mol. The summed E-state index contributed by atoms with van der Waals surface area (Å²) < 4.78 is 0. The molecule has 1 aliphatic carbocycles. The number of nitrogens with zero attached hydrogens (tertiary/aromatic N) is 1. The van der Waals surface area contributed by atoms with Crippen LogP contribution in [-0.4, -0.2) is 18.0 Å². The Labute approximate surface area is 101 Å². The number of nitro benzene ring substituents is 1. The summed E-state index contributed by atoms with van der Waals surface area (Å²) in [5.41, 5.74) is 1.08. The Bertz CT molecular complexity index is 402. The monoisotopic (exact) mass is 234 g/mol. The minimum absolute atomic E-state index is 0.243. The molecular formula is C13H18N2O2. The van der Waals surface area contributed by atoms with Crippen LogP contribution < -0.4 is 5.32 Å². The van der Waals surface area contributed by atoms with E-state index in [2.05, 4.69) is 5.32 Å². The molecule has 92 valence electrons. The molecule has 4 heteroatoms. The third-order valence-electron chi connectivity index (χ3n) is 3.72. The Morgan fingerprint density at radius 3 is 2.71 bits per heavy atom. The van der Waals surface area contributed by atoms with Gasteiger partial charge < -0.3 is 5.32 Å². The van der Waals surface area contributed by atoms with Crippen molar-refractivity contribution < 1.29 is 4.92 Å². The van der Waals surface area contributed by atoms with Gasteiger partial charge in [-0.1, -0.05) is 24.6 Å². The van der Waals surface area contributed by atoms with E-state index in [0.717, 1.165) is 12.0 Å². The first kappa shape index (κ1) is 12.0. The van der Waals surface area contributed by atoms with Crippen LogP contribution >= 0.6 is 0 Å². The van der Waals surface area contributed by atoms with E-state index in [4.69, 9.17) is 0 Å².